The van der Waals surface area contributed by atoms with Gasteiger partial charge in [0.25, 0.3) is 0 Å². The summed E-state index contributed by atoms with van der Waals surface area (Å²) in [5.74, 6) is 0.130. The SMILES string of the molecule is CCCC=CC(=O)CCC(C)=O. The van der Waals surface area contributed by atoms with Gasteiger partial charge >= 0.3 is 0 Å². The molecule has 0 amide bonds. The van der Waals surface area contributed by atoms with E-state index in [1.807, 2.05) is 6.08 Å². The molecule has 0 aromatic rings. The van der Waals surface area contributed by atoms with Gasteiger partial charge in [0.2, 0.25) is 0 Å². The lowest BCUT2D eigenvalue weighted by Crippen LogP contribution is -1.97. The molecule has 0 aliphatic rings. The molecule has 12 heavy (non-hydrogen) atoms. The summed E-state index contributed by atoms with van der Waals surface area (Å²) in [5, 5.41) is 0. The minimum absolute atomic E-state index is 0.0543. The van der Waals surface area contributed by atoms with Gasteiger partial charge in [0.1, 0.15) is 5.78 Å². The smallest absolute Gasteiger partial charge is 0.155 e. The Morgan fingerprint density at radius 1 is 1.25 bits per heavy atom. The quantitative estimate of drug-likeness (QED) is 0.570. The van der Waals surface area contributed by atoms with Gasteiger partial charge in [-0.25, -0.2) is 0 Å². The predicted octanol–water partition coefficient (Wildman–Crippen LogP) is 2.28. The van der Waals surface area contributed by atoms with E-state index in [0.717, 1.165) is 12.8 Å². The Balaban J connectivity index is 3.52. The number of rotatable bonds is 6. The van der Waals surface area contributed by atoms with Gasteiger partial charge in [0.15, 0.2) is 5.78 Å². The molecule has 68 valence electrons. The van der Waals surface area contributed by atoms with E-state index in [1.54, 1.807) is 6.08 Å². The first kappa shape index (κ1) is 11.1. The highest BCUT2D eigenvalue weighted by atomic mass is 16.1. The molecule has 0 aliphatic heterocycles. The molecule has 2 nitrogen and oxygen atoms in total. The first-order valence-corrected chi connectivity index (χ1v) is 4.35. The van der Waals surface area contributed by atoms with E-state index in [4.69, 9.17) is 0 Å². The van der Waals surface area contributed by atoms with Gasteiger partial charge in [-0.05, 0) is 19.4 Å². The highest BCUT2D eigenvalue weighted by Crippen LogP contribution is 1.95. The summed E-state index contributed by atoms with van der Waals surface area (Å²) in [7, 11) is 0. The van der Waals surface area contributed by atoms with E-state index < -0.39 is 0 Å². The number of carbonyl (C=O) groups is 2. The summed E-state index contributed by atoms with van der Waals surface area (Å²) in [5.41, 5.74) is 0. The summed E-state index contributed by atoms with van der Waals surface area (Å²) >= 11 is 0. The molecule has 0 rings (SSSR count). The van der Waals surface area contributed by atoms with E-state index in [2.05, 4.69) is 6.92 Å². The first-order chi connectivity index (χ1) is 5.66. The fourth-order valence-corrected chi connectivity index (χ4v) is 0.764. The van der Waals surface area contributed by atoms with Crippen molar-refractivity contribution in [3.05, 3.63) is 12.2 Å². The Labute approximate surface area is 73.7 Å². The van der Waals surface area contributed by atoms with Crippen LogP contribution < -0.4 is 0 Å². The van der Waals surface area contributed by atoms with Gasteiger partial charge in [0.05, 0.1) is 0 Å². The van der Waals surface area contributed by atoms with Crippen molar-refractivity contribution in [3.63, 3.8) is 0 Å². The van der Waals surface area contributed by atoms with E-state index >= 15 is 0 Å². The van der Waals surface area contributed by atoms with E-state index in [0.29, 0.717) is 12.8 Å². The standard InChI is InChI=1S/C10H16O2/c1-3-4-5-6-10(12)8-7-9(2)11/h5-6H,3-4,7-8H2,1-2H3. The topological polar surface area (TPSA) is 34.1 Å². The Morgan fingerprint density at radius 2 is 1.92 bits per heavy atom. The Morgan fingerprint density at radius 3 is 2.42 bits per heavy atom. The van der Waals surface area contributed by atoms with Crippen molar-refractivity contribution < 1.29 is 9.59 Å². The number of carbonyl (C=O) groups excluding carboxylic acids is 2. The molecule has 0 heterocycles. The van der Waals surface area contributed by atoms with Crippen molar-refractivity contribution in [2.75, 3.05) is 0 Å². The molecule has 0 saturated carbocycles. The zero-order valence-electron chi connectivity index (χ0n) is 7.80. The van der Waals surface area contributed by atoms with Crippen LogP contribution in [-0.2, 0) is 9.59 Å². The normalized spacial score (nSPS) is 10.5. The van der Waals surface area contributed by atoms with Crippen molar-refractivity contribution in [3.8, 4) is 0 Å². The summed E-state index contributed by atoms with van der Waals surface area (Å²) in [6.07, 6.45) is 6.15. The third-order valence-corrected chi connectivity index (χ3v) is 1.48. The molecule has 0 saturated heterocycles. The second-order valence-corrected chi connectivity index (χ2v) is 2.86. The van der Waals surface area contributed by atoms with Crippen LogP contribution in [0.4, 0.5) is 0 Å². The average molecular weight is 168 g/mol. The molecule has 0 N–H and O–H groups in total. The first-order valence-electron chi connectivity index (χ1n) is 4.35. The fraction of sp³-hybridized carbons (Fsp3) is 0.600. The van der Waals surface area contributed by atoms with Crippen LogP contribution in [0.1, 0.15) is 39.5 Å². The monoisotopic (exact) mass is 168 g/mol. The van der Waals surface area contributed by atoms with Crippen LogP contribution in [0.2, 0.25) is 0 Å². The van der Waals surface area contributed by atoms with E-state index in [-0.39, 0.29) is 11.6 Å². The highest BCUT2D eigenvalue weighted by Gasteiger charge is 1.98. The van der Waals surface area contributed by atoms with Crippen molar-refractivity contribution in [2.24, 2.45) is 0 Å². The lowest BCUT2D eigenvalue weighted by atomic mass is 10.1. The van der Waals surface area contributed by atoms with Crippen LogP contribution in [-0.4, -0.2) is 11.6 Å². The Bertz CT molecular complexity index is 180. The van der Waals surface area contributed by atoms with E-state index in [1.165, 1.54) is 6.92 Å². The Kier molecular flexibility index (Phi) is 6.25. The minimum atomic E-state index is 0.0543. The van der Waals surface area contributed by atoms with E-state index in [9.17, 15) is 9.59 Å². The fourth-order valence-electron chi connectivity index (χ4n) is 0.764. The van der Waals surface area contributed by atoms with Gasteiger partial charge in [-0.1, -0.05) is 19.4 Å². The second kappa shape index (κ2) is 6.77. The summed E-state index contributed by atoms with van der Waals surface area (Å²) in [6.45, 7) is 3.56. The molecule has 0 aliphatic carbocycles. The largest absolute Gasteiger partial charge is 0.300 e. The molecule has 0 unspecified atom stereocenters. The molecule has 0 aromatic heterocycles. The molecule has 0 radical (unpaired) electrons. The lowest BCUT2D eigenvalue weighted by Gasteiger charge is -1.90. The maximum absolute atomic E-state index is 11.0. The number of allylic oxidation sites excluding steroid dienone is 2. The number of hydrogen-bond donors (Lipinski definition) is 0. The minimum Gasteiger partial charge on any atom is -0.300 e. The highest BCUT2D eigenvalue weighted by molar-refractivity contribution is 5.92. The summed E-state index contributed by atoms with van der Waals surface area (Å²) in [6, 6.07) is 0. The van der Waals surface area contributed by atoms with Crippen molar-refractivity contribution in [1.82, 2.24) is 0 Å². The molecule has 0 bridgehead atoms. The zero-order valence-corrected chi connectivity index (χ0v) is 7.80. The third kappa shape index (κ3) is 7.19. The van der Waals surface area contributed by atoms with Gasteiger partial charge in [-0.3, -0.25) is 4.79 Å². The van der Waals surface area contributed by atoms with Crippen molar-refractivity contribution in [2.45, 2.75) is 39.5 Å². The molecule has 0 fully saturated rings. The summed E-state index contributed by atoms with van der Waals surface area (Å²) < 4.78 is 0. The number of Topliss-reactive ketones (excluding diaryl/α,β-unsaturated/α-hetero) is 1. The molecular weight excluding hydrogens is 152 g/mol. The number of ketones is 2. The van der Waals surface area contributed by atoms with Gasteiger partial charge in [0, 0.05) is 12.8 Å². The molecule has 2 heteroatoms. The van der Waals surface area contributed by atoms with Gasteiger partial charge in [-0.15, -0.1) is 0 Å². The van der Waals surface area contributed by atoms with Crippen molar-refractivity contribution >= 4 is 11.6 Å². The maximum atomic E-state index is 11.0. The predicted molar refractivity (Wildman–Crippen MR) is 49.0 cm³/mol. The second-order valence-electron chi connectivity index (χ2n) is 2.86. The average Bonchev–Trinajstić information content (AvgIpc) is 2.01. The molecular formula is C10H16O2. The zero-order chi connectivity index (χ0) is 9.40. The van der Waals surface area contributed by atoms with Crippen LogP contribution in [0, 0.1) is 0 Å². The van der Waals surface area contributed by atoms with Crippen LogP contribution in [0.25, 0.3) is 0 Å². The summed E-state index contributed by atoms with van der Waals surface area (Å²) in [4.78, 5) is 21.5. The maximum Gasteiger partial charge on any atom is 0.155 e. The Hall–Kier alpha value is -0.920. The molecule has 0 atom stereocenters. The number of unbranched alkanes of at least 4 members (excludes halogenated alkanes) is 1. The van der Waals surface area contributed by atoms with Crippen LogP contribution in [0.3, 0.4) is 0 Å². The number of hydrogen-bond acceptors (Lipinski definition) is 2. The van der Waals surface area contributed by atoms with Gasteiger partial charge in [-0.2, -0.15) is 0 Å². The van der Waals surface area contributed by atoms with Crippen molar-refractivity contribution in [1.29, 1.82) is 0 Å². The van der Waals surface area contributed by atoms with Crippen LogP contribution in [0.15, 0.2) is 12.2 Å². The molecule has 0 aromatic carbocycles. The third-order valence-electron chi connectivity index (χ3n) is 1.48. The van der Waals surface area contributed by atoms with Crippen LogP contribution in [0.5, 0.6) is 0 Å². The molecule has 0 spiro atoms. The van der Waals surface area contributed by atoms with Crippen LogP contribution >= 0.6 is 0 Å². The lowest BCUT2D eigenvalue weighted by molar-refractivity contribution is -0.120. The van der Waals surface area contributed by atoms with Gasteiger partial charge < -0.3 is 4.79 Å².